The Bertz CT molecular complexity index is 748. The van der Waals surface area contributed by atoms with Gasteiger partial charge in [0, 0.05) is 30.8 Å². The Balaban J connectivity index is 2.40. The Morgan fingerprint density at radius 1 is 1.17 bits per heavy atom. The molecule has 0 saturated carbocycles. The molecule has 1 aromatic heterocycles. The SMILES string of the molecule is CCC(=O)N[C@@H](Cc1cn(C(=O)CC)c2ccccc12)C(=O)O. The van der Waals surface area contributed by atoms with Gasteiger partial charge in [-0.2, -0.15) is 0 Å². The molecule has 0 spiro atoms. The van der Waals surface area contributed by atoms with Gasteiger partial charge in [0.25, 0.3) is 0 Å². The van der Waals surface area contributed by atoms with Crippen molar-refractivity contribution in [1.29, 1.82) is 0 Å². The Kier molecular flexibility index (Phi) is 5.16. The van der Waals surface area contributed by atoms with Crippen molar-refractivity contribution in [3.8, 4) is 0 Å². The zero-order valence-electron chi connectivity index (χ0n) is 13.2. The van der Waals surface area contributed by atoms with Gasteiger partial charge in [0.1, 0.15) is 6.04 Å². The maximum absolute atomic E-state index is 12.1. The standard InChI is InChI=1S/C17H20N2O4/c1-3-15(20)18-13(17(22)23)9-11-10-19(16(21)4-2)14-8-6-5-7-12(11)14/h5-8,10,13H,3-4,9H2,1-2H3,(H,18,20)(H,22,23)/t13-/m0/s1. The van der Waals surface area contributed by atoms with Gasteiger partial charge < -0.3 is 10.4 Å². The first-order valence-corrected chi connectivity index (χ1v) is 7.62. The predicted molar refractivity (Wildman–Crippen MR) is 86.4 cm³/mol. The van der Waals surface area contributed by atoms with E-state index in [-0.39, 0.29) is 24.7 Å². The van der Waals surface area contributed by atoms with Crippen molar-refractivity contribution < 1.29 is 19.5 Å². The number of benzene rings is 1. The van der Waals surface area contributed by atoms with Crippen molar-refractivity contribution >= 4 is 28.7 Å². The summed E-state index contributed by atoms with van der Waals surface area (Å²) < 4.78 is 1.55. The predicted octanol–water partition coefficient (Wildman–Crippen LogP) is 2.21. The molecule has 122 valence electrons. The number of nitrogens with one attached hydrogen (secondary N) is 1. The smallest absolute Gasteiger partial charge is 0.326 e. The van der Waals surface area contributed by atoms with Crippen molar-refractivity contribution in [2.24, 2.45) is 0 Å². The lowest BCUT2D eigenvalue weighted by Gasteiger charge is -2.13. The minimum Gasteiger partial charge on any atom is -0.480 e. The zero-order chi connectivity index (χ0) is 17.0. The van der Waals surface area contributed by atoms with Gasteiger partial charge >= 0.3 is 5.97 Å². The molecular weight excluding hydrogens is 296 g/mol. The van der Waals surface area contributed by atoms with E-state index in [4.69, 9.17) is 0 Å². The summed E-state index contributed by atoms with van der Waals surface area (Å²) in [7, 11) is 0. The Hall–Kier alpha value is -2.63. The highest BCUT2D eigenvalue weighted by atomic mass is 16.4. The van der Waals surface area contributed by atoms with Gasteiger partial charge in [-0.1, -0.05) is 32.0 Å². The molecule has 6 heteroatoms. The fourth-order valence-corrected chi connectivity index (χ4v) is 2.51. The molecular formula is C17H20N2O4. The summed E-state index contributed by atoms with van der Waals surface area (Å²) in [6.45, 7) is 3.44. The van der Waals surface area contributed by atoms with Crippen LogP contribution in [0.3, 0.4) is 0 Å². The van der Waals surface area contributed by atoms with Crippen LogP contribution >= 0.6 is 0 Å². The van der Waals surface area contributed by atoms with E-state index in [9.17, 15) is 19.5 Å². The number of aliphatic carboxylic acids is 1. The Morgan fingerprint density at radius 3 is 2.48 bits per heavy atom. The van der Waals surface area contributed by atoms with Crippen molar-refractivity contribution in [3.05, 3.63) is 36.0 Å². The number of carbonyl (C=O) groups is 3. The van der Waals surface area contributed by atoms with E-state index in [1.807, 2.05) is 24.3 Å². The summed E-state index contributed by atoms with van der Waals surface area (Å²) in [5.41, 5.74) is 1.48. The summed E-state index contributed by atoms with van der Waals surface area (Å²) in [5.74, 6) is -1.46. The summed E-state index contributed by atoms with van der Waals surface area (Å²) >= 11 is 0. The first kappa shape index (κ1) is 16.7. The normalized spacial score (nSPS) is 12.1. The third-order valence-electron chi connectivity index (χ3n) is 3.74. The molecule has 2 aromatic rings. The van der Waals surface area contributed by atoms with E-state index in [0.717, 1.165) is 16.5 Å². The van der Waals surface area contributed by atoms with Crippen LogP contribution in [0.15, 0.2) is 30.5 Å². The molecule has 2 N–H and O–H groups in total. The van der Waals surface area contributed by atoms with Crippen molar-refractivity contribution in [3.63, 3.8) is 0 Å². The quantitative estimate of drug-likeness (QED) is 0.855. The summed E-state index contributed by atoms with van der Waals surface area (Å²) in [5, 5.41) is 12.6. The first-order valence-electron chi connectivity index (χ1n) is 7.62. The van der Waals surface area contributed by atoms with E-state index < -0.39 is 12.0 Å². The molecule has 0 saturated heterocycles. The molecule has 1 atom stereocenters. The molecule has 23 heavy (non-hydrogen) atoms. The van der Waals surface area contributed by atoms with E-state index in [2.05, 4.69) is 5.32 Å². The van der Waals surface area contributed by atoms with Gasteiger partial charge in [0.15, 0.2) is 0 Å². The highest BCUT2D eigenvalue weighted by Gasteiger charge is 2.22. The summed E-state index contributed by atoms with van der Waals surface area (Å²) in [6.07, 6.45) is 2.38. The maximum Gasteiger partial charge on any atom is 0.326 e. The maximum atomic E-state index is 12.1. The largest absolute Gasteiger partial charge is 0.480 e. The number of aromatic nitrogens is 1. The molecule has 0 radical (unpaired) electrons. The van der Waals surface area contributed by atoms with E-state index in [0.29, 0.717) is 6.42 Å². The average Bonchev–Trinajstić information content (AvgIpc) is 2.92. The number of fused-ring (bicyclic) bond motifs is 1. The van der Waals surface area contributed by atoms with Crippen molar-refractivity contribution in [2.45, 2.75) is 39.2 Å². The van der Waals surface area contributed by atoms with Crippen LogP contribution in [0, 0.1) is 0 Å². The lowest BCUT2D eigenvalue weighted by Crippen LogP contribution is -2.42. The molecule has 0 aliphatic heterocycles. The van der Waals surface area contributed by atoms with Crippen LogP contribution in [0.4, 0.5) is 0 Å². The van der Waals surface area contributed by atoms with Crippen LogP contribution in [0.5, 0.6) is 0 Å². The molecule has 1 aromatic carbocycles. The Labute approximate surface area is 134 Å². The van der Waals surface area contributed by atoms with Gasteiger partial charge in [-0.15, -0.1) is 0 Å². The monoisotopic (exact) mass is 316 g/mol. The third kappa shape index (κ3) is 3.59. The summed E-state index contributed by atoms with van der Waals surface area (Å²) in [6, 6.07) is 6.34. The zero-order valence-corrected chi connectivity index (χ0v) is 13.2. The number of rotatable bonds is 6. The topological polar surface area (TPSA) is 88.4 Å². The second kappa shape index (κ2) is 7.09. The number of carboxylic acid groups (broad SMARTS) is 1. The van der Waals surface area contributed by atoms with E-state index in [1.165, 1.54) is 0 Å². The minimum atomic E-state index is -1.09. The van der Waals surface area contributed by atoms with Crippen LogP contribution in [0.2, 0.25) is 0 Å². The van der Waals surface area contributed by atoms with Crippen LogP contribution in [-0.2, 0) is 16.0 Å². The number of hydrogen-bond donors (Lipinski definition) is 2. The molecule has 0 unspecified atom stereocenters. The molecule has 0 fully saturated rings. The van der Waals surface area contributed by atoms with Gasteiger partial charge in [0.2, 0.25) is 11.8 Å². The van der Waals surface area contributed by atoms with Crippen molar-refractivity contribution in [2.75, 3.05) is 0 Å². The van der Waals surface area contributed by atoms with E-state index in [1.54, 1.807) is 24.6 Å². The fraction of sp³-hybridized carbons (Fsp3) is 0.353. The molecule has 6 nitrogen and oxygen atoms in total. The second-order valence-corrected chi connectivity index (χ2v) is 5.30. The van der Waals surface area contributed by atoms with Crippen LogP contribution in [0.25, 0.3) is 10.9 Å². The van der Waals surface area contributed by atoms with Gasteiger partial charge in [-0.05, 0) is 11.6 Å². The highest BCUT2D eigenvalue weighted by molar-refractivity contribution is 5.95. The lowest BCUT2D eigenvalue weighted by molar-refractivity contribution is -0.141. The first-order chi connectivity index (χ1) is 11.0. The van der Waals surface area contributed by atoms with Crippen LogP contribution in [-0.4, -0.2) is 33.5 Å². The molecule has 0 bridgehead atoms. The number of amides is 1. The molecule has 1 heterocycles. The summed E-state index contributed by atoms with van der Waals surface area (Å²) in [4.78, 5) is 35.0. The number of carbonyl (C=O) groups excluding carboxylic acids is 2. The van der Waals surface area contributed by atoms with Crippen molar-refractivity contribution in [1.82, 2.24) is 9.88 Å². The molecule has 1 amide bonds. The number of carboxylic acids is 1. The van der Waals surface area contributed by atoms with Gasteiger partial charge in [-0.25, -0.2) is 4.79 Å². The molecule has 2 rings (SSSR count). The fourth-order valence-electron chi connectivity index (χ4n) is 2.51. The van der Waals surface area contributed by atoms with E-state index >= 15 is 0 Å². The lowest BCUT2D eigenvalue weighted by atomic mass is 10.0. The number of nitrogens with zero attached hydrogens (tertiary/aromatic N) is 1. The third-order valence-corrected chi connectivity index (χ3v) is 3.74. The van der Waals surface area contributed by atoms with Crippen LogP contribution < -0.4 is 5.32 Å². The van der Waals surface area contributed by atoms with Crippen LogP contribution in [0.1, 0.15) is 37.0 Å². The highest BCUT2D eigenvalue weighted by Crippen LogP contribution is 2.23. The average molecular weight is 316 g/mol. The number of para-hydroxylation sites is 1. The van der Waals surface area contributed by atoms with Gasteiger partial charge in [-0.3, -0.25) is 14.2 Å². The minimum absolute atomic E-state index is 0.0584. The number of hydrogen-bond acceptors (Lipinski definition) is 3. The second-order valence-electron chi connectivity index (χ2n) is 5.30. The van der Waals surface area contributed by atoms with Gasteiger partial charge in [0.05, 0.1) is 5.52 Å². The molecule has 0 aliphatic carbocycles. The molecule has 0 aliphatic rings. The Morgan fingerprint density at radius 2 is 1.87 bits per heavy atom.